The van der Waals surface area contributed by atoms with Crippen molar-refractivity contribution in [1.29, 1.82) is 0 Å². The number of carboxylic acids is 1. The van der Waals surface area contributed by atoms with Gasteiger partial charge in [0.1, 0.15) is 11.2 Å². The molecule has 1 rings (SSSR count). The topological polar surface area (TPSA) is 76.2 Å². The van der Waals surface area contributed by atoms with E-state index in [1.807, 2.05) is 0 Å². The average Bonchev–Trinajstić information content (AvgIpc) is 2.11. The van der Waals surface area contributed by atoms with E-state index in [0.29, 0.717) is 10.6 Å². The lowest BCUT2D eigenvalue weighted by Crippen LogP contribution is -2.32. The molecule has 1 unspecified atom stereocenters. The van der Waals surface area contributed by atoms with Crippen LogP contribution >= 0.6 is 35.6 Å². The number of aliphatic carboxylic acids is 1. The molecule has 0 aliphatic rings. The second kappa shape index (κ2) is 6.12. The summed E-state index contributed by atoms with van der Waals surface area (Å²) in [5, 5.41) is 9.21. The van der Waals surface area contributed by atoms with Crippen LogP contribution in [0.4, 0.5) is 0 Å². The van der Waals surface area contributed by atoms with Crippen LogP contribution in [0.1, 0.15) is 5.56 Å². The Labute approximate surface area is 103 Å². The molecule has 0 amide bonds. The Morgan fingerprint density at radius 3 is 2.73 bits per heavy atom. The van der Waals surface area contributed by atoms with Gasteiger partial charge in [-0.1, -0.05) is 23.2 Å². The average molecular weight is 272 g/mol. The van der Waals surface area contributed by atoms with Crippen LogP contribution in [0.15, 0.2) is 12.3 Å². The molecular formula is C8H9Cl3N2O2. The molecule has 1 aromatic rings. The van der Waals surface area contributed by atoms with Gasteiger partial charge in [0, 0.05) is 12.6 Å². The predicted octanol–water partition coefficient (Wildman–Crippen LogP) is 1.76. The van der Waals surface area contributed by atoms with Gasteiger partial charge in [-0.3, -0.25) is 4.79 Å². The Morgan fingerprint density at radius 1 is 1.60 bits per heavy atom. The first kappa shape index (κ1) is 14.5. The van der Waals surface area contributed by atoms with E-state index in [1.165, 1.54) is 6.20 Å². The number of hydrogen-bond acceptors (Lipinski definition) is 3. The largest absolute Gasteiger partial charge is 0.480 e. The highest BCUT2D eigenvalue weighted by molar-refractivity contribution is 6.32. The van der Waals surface area contributed by atoms with Crippen molar-refractivity contribution in [2.24, 2.45) is 5.73 Å². The Hall–Kier alpha value is -0.550. The number of aromatic nitrogens is 1. The summed E-state index contributed by atoms with van der Waals surface area (Å²) >= 11 is 11.4. The lowest BCUT2D eigenvalue weighted by Gasteiger charge is -2.07. The van der Waals surface area contributed by atoms with E-state index >= 15 is 0 Å². The van der Waals surface area contributed by atoms with Crippen molar-refractivity contribution in [1.82, 2.24) is 4.98 Å². The number of pyridine rings is 1. The quantitative estimate of drug-likeness (QED) is 0.822. The number of carboxylic acid groups (broad SMARTS) is 1. The minimum atomic E-state index is -1.08. The first-order valence-corrected chi connectivity index (χ1v) is 4.54. The second-order valence-corrected chi connectivity index (χ2v) is 3.55. The number of carbonyl (C=O) groups is 1. The SMILES string of the molecule is Cl.NC(Cc1cc(Cl)cnc1Cl)C(=O)O. The maximum atomic E-state index is 10.5. The van der Waals surface area contributed by atoms with E-state index in [-0.39, 0.29) is 24.0 Å². The molecule has 7 heteroatoms. The van der Waals surface area contributed by atoms with Crippen LogP contribution < -0.4 is 5.73 Å². The van der Waals surface area contributed by atoms with E-state index in [0.717, 1.165) is 0 Å². The molecule has 0 saturated carbocycles. The predicted molar refractivity (Wildman–Crippen MR) is 60.8 cm³/mol. The molecular weight excluding hydrogens is 262 g/mol. The highest BCUT2D eigenvalue weighted by Crippen LogP contribution is 2.18. The molecule has 0 aliphatic carbocycles. The van der Waals surface area contributed by atoms with Crippen molar-refractivity contribution in [3.63, 3.8) is 0 Å². The third-order valence-electron chi connectivity index (χ3n) is 1.64. The molecule has 84 valence electrons. The summed E-state index contributed by atoms with van der Waals surface area (Å²) < 4.78 is 0. The zero-order chi connectivity index (χ0) is 10.7. The van der Waals surface area contributed by atoms with Gasteiger partial charge < -0.3 is 10.8 Å². The van der Waals surface area contributed by atoms with Crippen LogP contribution in [-0.2, 0) is 11.2 Å². The minimum Gasteiger partial charge on any atom is -0.480 e. The van der Waals surface area contributed by atoms with Gasteiger partial charge in [-0.2, -0.15) is 0 Å². The second-order valence-electron chi connectivity index (χ2n) is 2.75. The number of nitrogens with two attached hydrogens (primary N) is 1. The van der Waals surface area contributed by atoms with E-state index in [4.69, 9.17) is 34.0 Å². The van der Waals surface area contributed by atoms with Gasteiger partial charge in [0.25, 0.3) is 0 Å². The van der Waals surface area contributed by atoms with Crippen molar-refractivity contribution in [3.05, 3.63) is 28.0 Å². The smallest absolute Gasteiger partial charge is 0.320 e. The van der Waals surface area contributed by atoms with Gasteiger partial charge in [0.15, 0.2) is 0 Å². The number of rotatable bonds is 3. The highest BCUT2D eigenvalue weighted by atomic mass is 35.5. The molecule has 0 radical (unpaired) electrons. The summed E-state index contributed by atoms with van der Waals surface area (Å²) in [4.78, 5) is 14.3. The molecule has 0 spiro atoms. The molecule has 0 aromatic carbocycles. The van der Waals surface area contributed by atoms with Crippen LogP contribution in [0, 0.1) is 0 Å². The van der Waals surface area contributed by atoms with Gasteiger partial charge in [-0.05, 0) is 11.6 Å². The lowest BCUT2D eigenvalue weighted by molar-refractivity contribution is -0.138. The standard InChI is InChI=1S/C8H8Cl2N2O2.ClH/c9-5-1-4(7(10)12-3-5)2-6(11)8(13)14;/h1,3,6H,2,11H2,(H,13,14);1H. The molecule has 0 saturated heterocycles. The van der Waals surface area contributed by atoms with Gasteiger partial charge in [-0.25, -0.2) is 4.98 Å². The number of halogens is 3. The third kappa shape index (κ3) is 4.22. The van der Waals surface area contributed by atoms with Crippen LogP contribution in [0.5, 0.6) is 0 Å². The van der Waals surface area contributed by atoms with Crippen LogP contribution in [0.2, 0.25) is 10.2 Å². The van der Waals surface area contributed by atoms with Crippen molar-refractivity contribution in [2.75, 3.05) is 0 Å². The number of nitrogens with zero attached hydrogens (tertiary/aromatic N) is 1. The van der Waals surface area contributed by atoms with Crippen molar-refractivity contribution in [3.8, 4) is 0 Å². The molecule has 1 aromatic heterocycles. The van der Waals surface area contributed by atoms with Gasteiger partial charge in [-0.15, -0.1) is 12.4 Å². The van der Waals surface area contributed by atoms with Gasteiger partial charge in [0.05, 0.1) is 5.02 Å². The fourth-order valence-electron chi connectivity index (χ4n) is 0.932. The van der Waals surface area contributed by atoms with E-state index < -0.39 is 12.0 Å². The highest BCUT2D eigenvalue weighted by Gasteiger charge is 2.14. The molecule has 3 N–H and O–H groups in total. The van der Waals surface area contributed by atoms with Gasteiger partial charge >= 0.3 is 5.97 Å². The normalized spacial score (nSPS) is 11.7. The molecule has 0 bridgehead atoms. The molecule has 1 atom stereocenters. The molecule has 1 heterocycles. The summed E-state index contributed by atoms with van der Waals surface area (Å²) in [5.41, 5.74) is 5.87. The third-order valence-corrected chi connectivity index (χ3v) is 2.18. The van der Waals surface area contributed by atoms with Crippen LogP contribution in [0.3, 0.4) is 0 Å². The fourth-order valence-corrected chi connectivity index (χ4v) is 1.29. The summed E-state index contributed by atoms with van der Waals surface area (Å²) in [6.07, 6.45) is 1.50. The number of hydrogen-bond donors (Lipinski definition) is 2. The fraction of sp³-hybridized carbons (Fsp3) is 0.250. The van der Waals surface area contributed by atoms with Crippen LogP contribution in [-0.4, -0.2) is 22.1 Å². The van der Waals surface area contributed by atoms with E-state index in [9.17, 15) is 4.79 Å². The first-order chi connectivity index (χ1) is 6.50. The van der Waals surface area contributed by atoms with Crippen molar-refractivity contribution in [2.45, 2.75) is 12.5 Å². The summed E-state index contributed by atoms with van der Waals surface area (Å²) in [6.45, 7) is 0. The Bertz CT molecular complexity index is 360. The van der Waals surface area contributed by atoms with E-state index in [2.05, 4.69) is 4.98 Å². The van der Waals surface area contributed by atoms with Crippen molar-refractivity contribution >= 4 is 41.6 Å². The van der Waals surface area contributed by atoms with E-state index in [1.54, 1.807) is 6.07 Å². The lowest BCUT2D eigenvalue weighted by atomic mass is 10.1. The van der Waals surface area contributed by atoms with Gasteiger partial charge in [0.2, 0.25) is 0 Å². The summed E-state index contributed by atoms with van der Waals surface area (Å²) in [5.74, 6) is -1.08. The molecule has 0 fully saturated rings. The molecule has 15 heavy (non-hydrogen) atoms. The van der Waals surface area contributed by atoms with Crippen LogP contribution in [0.25, 0.3) is 0 Å². The maximum absolute atomic E-state index is 10.5. The Kier molecular flexibility index (Phi) is 5.90. The first-order valence-electron chi connectivity index (χ1n) is 3.79. The maximum Gasteiger partial charge on any atom is 0.320 e. The zero-order valence-corrected chi connectivity index (χ0v) is 9.81. The monoisotopic (exact) mass is 270 g/mol. The summed E-state index contributed by atoms with van der Waals surface area (Å²) in [7, 11) is 0. The van der Waals surface area contributed by atoms with Crippen molar-refractivity contribution < 1.29 is 9.90 Å². The summed E-state index contributed by atoms with van der Waals surface area (Å²) in [6, 6.07) is 0.562. The molecule has 4 nitrogen and oxygen atoms in total. The zero-order valence-electron chi connectivity index (χ0n) is 7.48. The Balaban J connectivity index is 0.00000196. The Morgan fingerprint density at radius 2 is 2.20 bits per heavy atom. The molecule has 0 aliphatic heterocycles. The minimum absolute atomic E-state index is 0.